The zero-order valence-corrected chi connectivity index (χ0v) is 12.9. The number of hydrogen-bond acceptors (Lipinski definition) is 7. The predicted molar refractivity (Wildman–Crippen MR) is 80.4 cm³/mol. The molecule has 0 spiro atoms. The smallest absolute Gasteiger partial charge is 0.352 e. The zero-order chi connectivity index (χ0) is 15.5. The van der Waals surface area contributed by atoms with Crippen LogP contribution in [0.3, 0.4) is 0 Å². The van der Waals surface area contributed by atoms with Gasteiger partial charge in [0.05, 0.1) is 0 Å². The highest BCUT2D eigenvalue weighted by Crippen LogP contribution is 2.24. The molecule has 0 N–H and O–H groups in total. The van der Waals surface area contributed by atoms with E-state index in [1.165, 1.54) is 6.26 Å². The van der Waals surface area contributed by atoms with E-state index >= 15 is 0 Å². The van der Waals surface area contributed by atoms with Crippen LogP contribution in [0.25, 0.3) is 11.4 Å². The SMILES string of the molecule is Cc1ccc(COC(=O)c2snnc2-c2coc(C)n2)cc1. The third-order valence-corrected chi connectivity index (χ3v) is 3.73. The minimum Gasteiger partial charge on any atom is -0.457 e. The van der Waals surface area contributed by atoms with Crippen LogP contribution in [-0.4, -0.2) is 20.5 Å². The lowest BCUT2D eigenvalue weighted by Gasteiger charge is -2.04. The highest BCUT2D eigenvalue weighted by atomic mass is 32.1. The number of aromatic nitrogens is 3. The van der Waals surface area contributed by atoms with Gasteiger partial charge in [0.15, 0.2) is 10.8 Å². The number of ether oxygens (including phenoxy) is 1. The van der Waals surface area contributed by atoms with Crippen molar-refractivity contribution in [3.63, 3.8) is 0 Å². The van der Waals surface area contributed by atoms with Gasteiger partial charge in [-0.05, 0) is 24.0 Å². The number of benzene rings is 1. The molecule has 112 valence electrons. The molecule has 0 saturated heterocycles. The summed E-state index contributed by atoms with van der Waals surface area (Å²) in [6.07, 6.45) is 1.45. The van der Waals surface area contributed by atoms with Gasteiger partial charge in [-0.25, -0.2) is 9.78 Å². The molecule has 6 nitrogen and oxygen atoms in total. The summed E-state index contributed by atoms with van der Waals surface area (Å²) in [5, 5.41) is 3.93. The van der Waals surface area contributed by atoms with Crippen molar-refractivity contribution >= 4 is 17.5 Å². The highest BCUT2D eigenvalue weighted by molar-refractivity contribution is 7.08. The largest absolute Gasteiger partial charge is 0.457 e. The molecule has 3 rings (SSSR count). The Hall–Kier alpha value is -2.54. The third-order valence-electron chi connectivity index (χ3n) is 3.03. The minimum atomic E-state index is -0.466. The van der Waals surface area contributed by atoms with Crippen molar-refractivity contribution in [1.82, 2.24) is 14.6 Å². The van der Waals surface area contributed by atoms with Crippen LogP contribution < -0.4 is 0 Å². The highest BCUT2D eigenvalue weighted by Gasteiger charge is 2.21. The number of esters is 1. The van der Waals surface area contributed by atoms with Crippen molar-refractivity contribution in [2.24, 2.45) is 0 Å². The van der Waals surface area contributed by atoms with Crippen molar-refractivity contribution in [2.75, 3.05) is 0 Å². The summed E-state index contributed by atoms with van der Waals surface area (Å²) in [7, 11) is 0. The van der Waals surface area contributed by atoms with E-state index in [2.05, 4.69) is 14.6 Å². The average Bonchev–Trinajstić information content (AvgIpc) is 3.14. The first-order valence-electron chi connectivity index (χ1n) is 6.61. The van der Waals surface area contributed by atoms with Gasteiger partial charge in [-0.15, -0.1) is 5.10 Å². The second-order valence-electron chi connectivity index (χ2n) is 4.76. The standard InChI is InChI=1S/C15H13N3O3S/c1-9-3-5-11(6-4-9)7-21-15(19)14-13(17-18-22-14)12-8-20-10(2)16-12/h3-6,8H,7H2,1-2H3. The Morgan fingerprint density at radius 1 is 1.27 bits per heavy atom. The average molecular weight is 315 g/mol. The molecule has 0 amide bonds. The van der Waals surface area contributed by atoms with Gasteiger partial charge in [-0.3, -0.25) is 0 Å². The number of rotatable bonds is 4. The van der Waals surface area contributed by atoms with Crippen LogP contribution in [0.2, 0.25) is 0 Å². The topological polar surface area (TPSA) is 78.1 Å². The summed E-state index contributed by atoms with van der Waals surface area (Å²) in [6.45, 7) is 3.93. The number of carbonyl (C=O) groups excluding carboxylic acids is 1. The lowest BCUT2D eigenvalue weighted by Crippen LogP contribution is -2.05. The Morgan fingerprint density at radius 3 is 2.73 bits per heavy atom. The molecule has 0 saturated carbocycles. The van der Waals surface area contributed by atoms with Gasteiger partial charge in [0.25, 0.3) is 0 Å². The van der Waals surface area contributed by atoms with Gasteiger partial charge in [0.1, 0.15) is 24.3 Å². The minimum absolute atomic E-state index is 0.203. The lowest BCUT2D eigenvalue weighted by molar-refractivity contribution is 0.0479. The van der Waals surface area contributed by atoms with Crippen LogP contribution in [0.5, 0.6) is 0 Å². The van der Waals surface area contributed by atoms with Gasteiger partial charge in [-0.2, -0.15) is 0 Å². The van der Waals surface area contributed by atoms with Gasteiger partial charge in [0.2, 0.25) is 0 Å². The van der Waals surface area contributed by atoms with Crippen LogP contribution in [0.15, 0.2) is 34.9 Å². The van der Waals surface area contributed by atoms with E-state index < -0.39 is 5.97 Å². The van der Waals surface area contributed by atoms with E-state index in [1.54, 1.807) is 6.92 Å². The zero-order valence-electron chi connectivity index (χ0n) is 12.1. The van der Waals surface area contributed by atoms with E-state index in [4.69, 9.17) is 9.15 Å². The first-order valence-corrected chi connectivity index (χ1v) is 7.38. The Balaban J connectivity index is 1.73. The number of carbonyl (C=O) groups is 1. The van der Waals surface area contributed by atoms with E-state index in [0.717, 1.165) is 22.7 Å². The van der Waals surface area contributed by atoms with Gasteiger partial charge < -0.3 is 9.15 Å². The predicted octanol–water partition coefficient (Wildman–Crippen LogP) is 3.17. The molecule has 2 aromatic heterocycles. The number of hydrogen-bond donors (Lipinski definition) is 0. The van der Waals surface area contributed by atoms with Crippen LogP contribution >= 0.6 is 11.5 Å². The maximum Gasteiger partial charge on any atom is 0.352 e. The van der Waals surface area contributed by atoms with E-state index in [-0.39, 0.29) is 6.61 Å². The van der Waals surface area contributed by atoms with E-state index in [1.807, 2.05) is 31.2 Å². The molecular weight excluding hydrogens is 302 g/mol. The second-order valence-corrected chi connectivity index (χ2v) is 5.52. The van der Waals surface area contributed by atoms with Gasteiger partial charge in [0, 0.05) is 6.92 Å². The molecule has 0 aliphatic rings. The monoisotopic (exact) mass is 315 g/mol. The quantitative estimate of drug-likeness (QED) is 0.688. The first kappa shape index (κ1) is 14.4. The van der Waals surface area contributed by atoms with Crippen LogP contribution in [0.1, 0.15) is 26.7 Å². The molecule has 7 heteroatoms. The Labute approximate surface area is 130 Å². The molecule has 3 aromatic rings. The Morgan fingerprint density at radius 2 is 2.05 bits per heavy atom. The van der Waals surface area contributed by atoms with Crippen molar-refractivity contribution < 1.29 is 13.9 Å². The fourth-order valence-electron chi connectivity index (χ4n) is 1.86. The summed E-state index contributed by atoms with van der Waals surface area (Å²) >= 11 is 0.982. The number of aryl methyl sites for hydroxylation is 2. The maximum atomic E-state index is 12.2. The lowest BCUT2D eigenvalue weighted by atomic mass is 10.2. The third kappa shape index (κ3) is 3.04. The van der Waals surface area contributed by atoms with E-state index in [9.17, 15) is 4.79 Å². The molecular formula is C15H13N3O3S. The van der Waals surface area contributed by atoms with Crippen molar-refractivity contribution in [1.29, 1.82) is 0 Å². The molecule has 22 heavy (non-hydrogen) atoms. The molecule has 0 radical (unpaired) electrons. The number of oxazole rings is 1. The summed E-state index contributed by atoms with van der Waals surface area (Å²) in [5.41, 5.74) is 2.95. The molecule has 0 unspecified atom stereocenters. The van der Waals surface area contributed by atoms with Crippen molar-refractivity contribution in [3.8, 4) is 11.4 Å². The Kier molecular flexibility index (Phi) is 3.97. The molecule has 0 atom stereocenters. The summed E-state index contributed by atoms with van der Waals surface area (Å²) < 4.78 is 14.3. The maximum absolute atomic E-state index is 12.2. The molecule has 0 bridgehead atoms. The van der Waals surface area contributed by atoms with Crippen molar-refractivity contribution in [3.05, 3.63) is 52.4 Å². The van der Waals surface area contributed by atoms with E-state index in [0.29, 0.717) is 22.2 Å². The van der Waals surface area contributed by atoms with Crippen molar-refractivity contribution in [2.45, 2.75) is 20.5 Å². The summed E-state index contributed by atoms with van der Waals surface area (Å²) in [6, 6.07) is 7.80. The molecule has 0 aliphatic carbocycles. The molecule has 2 heterocycles. The first-order chi connectivity index (χ1) is 10.6. The van der Waals surface area contributed by atoms with Gasteiger partial charge in [-0.1, -0.05) is 34.3 Å². The molecule has 0 fully saturated rings. The summed E-state index contributed by atoms with van der Waals surface area (Å²) in [5.74, 6) is 0.0354. The molecule has 1 aromatic carbocycles. The van der Waals surface area contributed by atoms with Crippen LogP contribution in [0, 0.1) is 13.8 Å². The second kappa shape index (κ2) is 6.07. The van der Waals surface area contributed by atoms with Crippen LogP contribution in [0.4, 0.5) is 0 Å². The fraction of sp³-hybridized carbons (Fsp3) is 0.200. The van der Waals surface area contributed by atoms with Crippen LogP contribution in [-0.2, 0) is 11.3 Å². The normalized spacial score (nSPS) is 10.6. The fourth-order valence-corrected chi connectivity index (χ4v) is 2.43. The number of nitrogens with zero attached hydrogens (tertiary/aromatic N) is 3. The van der Waals surface area contributed by atoms with Gasteiger partial charge >= 0.3 is 5.97 Å². The Bertz CT molecular complexity index is 792. The summed E-state index contributed by atoms with van der Waals surface area (Å²) in [4.78, 5) is 16.7. The molecule has 0 aliphatic heterocycles.